The quantitative estimate of drug-likeness (QED) is 0.588. The van der Waals surface area contributed by atoms with E-state index in [9.17, 15) is 9.59 Å². The Morgan fingerprint density at radius 3 is 2.67 bits per heavy atom. The highest BCUT2D eigenvalue weighted by Crippen LogP contribution is 2.15. The minimum absolute atomic E-state index is 0.268. The van der Waals surface area contributed by atoms with Crippen LogP contribution in [0.3, 0.4) is 0 Å². The van der Waals surface area contributed by atoms with Crippen LogP contribution in [0.1, 0.15) is 12.8 Å². The van der Waals surface area contributed by atoms with Gasteiger partial charge < -0.3 is 4.74 Å². The number of nitrogens with zero attached hydrogens (tertiary/aromatic N) is 1. The van der Waals surface area contributed by atoms with Crippen molar-refractivity contribution in [3.63, 3.8) is 0 Å². The summed E-state index contributed by atoms with van der Waals surface area (Å²) in [5.41, 5.74) is 0. The second-order valence-electron chi connectivity index (χ2n) is 3.66. The monoisotopic (exact) mass is 211 g/mol. The van der Waals surface area contributed by atoms with Gasteiger partial charge in [0.1, 0.15) is 0 Å². The van der Waals surface area contributed by atoms with Crippen LogP contribution in [0, 0.1) is 5.92 Å². The van der Waals surface area contributed by atoms with Gasteiger partial charge in [0.05, 0.1) is 0 Å². The first-order valence-electron chi connectivity index (χ1n) is 5.00. The molecular weight excluding hydrogens is 198 g/mol. The molecule has 82 valence electrons. The molecule has 0 aromatic heterocycles. The minimum Gasteiger partial charge on any atom is -0.381 e. The zero-order chi connectivity index (χ0) is 10.7. The van der Waals surface area contributed by atoms with Crippen molar-refractivity contribution in [2.24, 2.45) is 10.9 Å². The summed E-state index contributed by atoms with van der Waals surface area (Å²) in [7, 11) is 0. The molecular formula is C9H13N3O3. The lowest BCUT2D eigenvalue weighted by molar-refractivity contribution is -0.135. The van der Waals surface area contributed by atoms with Crippen molar-refractivity contribution in [1.29, 1.82) is 0 Å². The highest BCUT2D eigenvalue weighted by Gasteiger charge is 2.25. The Labute approximate surface area is 87.1 Å². The van der Waals surface area contributed by atoms with Crippen LogP contribution in [0.25, 0.3) is 0 Å². The van der Waals surface area contributed by atoms with E-state index in [1.807, 2.05) is 0 Å². The molecule has 6 heteroatoms. The van der Waals surface area contributed by atoms with Crippen LogP contribution >= 0.6 is 0 Å². The summed E-state index contributed by atoms with van der Waals surface area (Å²) in [6, 6.07) is 0. The van der Waals surface area contributed by atoms with E-state index < -0.39 is 11.8 Å². The molecule has 6 nitrogen and oxygen atoms in total. The summed E-state index contributed by atoms with van der Waals surface area (Å²) >= 11 is 0. The Morgan fingerprint density at radius 1 is 1.33 bits per heavy atom. The normalized spacial score (nSPS) is 25.3. The number of rotatable bonds is 3. The van der Waals surface area contributed by atoms with Gasteiger partial charge in [0, 0.05) is 19.8 Å². The number of hydrogen-bond donors (Lipinski definition) is 2. The summed E-state index contributed by atoms with van der Waals surface area (Å²) in [6.07, 6.45) is 2.00. The molecule has 2 fully saturated rings. The molecule has 2 heterocycles. The summed E-state index contributed by atoms with van der Waals surface area (Å²) < 4.78 is 5.23. The minimum atomic E-state index is -0.641. The molecule has 2 aliphatic rings. The van der Waals surface area contributed by atoms with Crippen molar-refractivity contribution in [2.45, 2.75) is 12.8 Å². The fraction of sp³-hybridized carbons (Fsp3) is 0.667. The summed E-state index contributed by atoms with van der Waals surface area (Å²) in [4.78, 5) is 25.6. The van der Waals surface area contributed by atoms with Gasteiger partial charge in [-0.3, -0.25) is 25.2 Å². The molecule has 0 aromatic rings. The van der Waals surface area contributed by atoms with Crippen molar-refractivity contribution in [3.05, 3.63) is 0 Å². The van der Waals surface area contributed by atoms with Gasteiger partial charge in [0.15, 0.2) is 0 Å². The molecule has 2 N–H and O–H groups in total. The Kier molecular flexibility index (Phi) is 2.96. The van der Waals surface area contributed by atoms with Crippen molar-refractivity contribution in [1.82, 2.24) is 10.6 Å². The van der Waals surface area contributed by atoms with E-state index >= 15 is 0 Å². The number of hydrogen-bond acceptors (Lipinski definition) is 4. The van der Waals surface area contributed by atoms with Crippen molar-refractivity contribution in [3.8, 4) is 0 Å². The van der Waals surface area contributed by atoms with Gasteiger partial charge in [-0.05, 0) is 18.8 Å². The third-order valence-electron chi connectivity index (χ3n) is 2.50. The predicted molar refractivity (Wildman–Crippen MR) is 52.1 cm³/mol. The van der Waals surface area contributed by atoms with Crippen molar-refractivity contribution >= 4 is 17.8 Å². The van der Waals surface area contributed by atoms with Gasteiger partial charge in [0.2, 0.25) is 5.96 Å². The Balaban J connectivity index is 1.74. The third kappa shape index (κ3) is 2.53. The molecule has 2 saturated heterocycles. The molecule has 0 saturated carbocycles. The number of amides is 2. The molecule has 0 bridgehead atoms. The molecule has 2 amide bonds. The highest BCUT2D eigenvalue weighted by molar-refractivity contribution is 6.45. The smallest absolute Gasteiger partial charge is 0.316 e. The van der Waals surface area contributed by atoms with Crippen LogP contribution in [0.5, 0.6) is 0 Å². The van der Waals surface area contributed by atoms with Crippen molar-refractivity contribution in [2.75, 3.05) is 19.8 Å². The molecule has 1 atom stereocenters. The topological polar surface area (TPSA) is 79.8 Å². The van der Waals surface area contributed by atoms with Crippen LogP contribution in [0.2, 0.25) is 0 Å². The highest BCUT2D eigenvalue weighted by atomic mass is 16.5. The van der Waals surface area contributed by atoms with Gasteiger partial charge in [-0.1, -0.05) is 0 Å². The number of carbonyl (C=O) groups is 2. The lowest BCUT2D eigenvalue weighted by Gasteiger charge is -2.03. The molecule has 2 rings (SSSR count). The number of nitrogens with one attached hydrogen (secondary N) is 2. The Hall–Kier alpha value is -1.43. The van der Waals surface area contributed by atoms with Crippen LogP contribution in [-0.2, 0) is 14.3 Å². The van der Waals surface area contributed by atoms with Gasteiger partial charge in [-0.25, -0.2) is 0 Å². The van der Waals surface area contributed by atoms with Gasteiger partial charge in [-0.15, -0.1) is 0 Å². The second kappa shape index (κ2) is 4.39. The maximum atomic E-state index is 10.8. The SMILES string of the molecule is O=C1NC(=NCCC2CCOC2)NC1=O. The molecule has 0 aliphatic carbocycles. The van der Waals surface area contributed by atoms with Crippen LogP contribution in [0.4, 0.5) is 0 Å². The fourth-order valence-electron chi connectivity index (χ4n) is 1.61. The molecule has 2 aliphatic heterocycles. The predicted octanol–water partition coefficient (Wildman–Crippen LogP) is -0.985. The van der Waals surface area contributed by atoms with Crippen LogP contribution < -0.4 is 10.6 Å². The van der Waals surface area contributed by atoms with E-state index in [4.69, 9.17) is 4.74 Å². The first kappa shape index (κ1) is 10.1. The maximum absolute atomic E-state index is 10.8. The van der Waals surface area contributed by atoms with E-state index in [-0.39, 0.29) is 5.96 Å². The molecule has 0 aromatic carbocycles. The zero-order valence-electron chi connectivity index (χ0n) is 8.28. The van der Waals surface area contributed by atoms with Gasteiger partial charge in [0.25, 0.3) is 0 Å². The molecule has 0 radical (unpaired) electrons. The average Bonchev–Trinajstić information content (AvgIpc) is 2.79. The summed E-state index contributed by atoms with van der Waals surface area (Å²) in [6.45, 7) is 2.22. The zero-order valence-corrected chi connectivity index (χ0v) is 8.28. The van der Waals surface area contributed by atoms with Gasteiger partial charge in [-0.2, -0.15) is 0 Å². The summed E-state index contributed by atoms with van der Waals surface area (Å²) in [5.74, 6) is -0.457. The maximum Gasteiger partial charge on any atom is 0.316 e. The van der Waals surface area contributed by atoms with E-state index in [2.05, 4.69) is 15.6 Å². The number of ether oxygens (including phenoxy) is 1. The molecule has 0 spiro atoms. The van der Waals surface area contributed by atoms with Gasteiger partial charge >= 0.3 is 11.8 Å². The molecule has 15 heavy (non-hydrogen) atoms. The largest absolute Gasteiger partial charge is 0.381 e. The first-order chi connectivity index (χ1) is 7.25. The fourth-order valence-corrected chi connectivity index (χ4v) is 1.61. The van der Waals surface area contributed by atoms with E-state index in [1.54, 1.807) is 0 Å². The Bertz CT molecular complexity index is 290. The average molecular weight is 211 g/mol. The second-order valence-corrected chi connectivity index (χ2v) is 3.66. The lowest BCUT2D eigenvalue weighted by Crippen LogP contribution is -2.26. The standard InChI is InChI=1S/C9H13N3O3/c13-7-8(14)12-9(11-7)10-3-1-6-2-4-15-5-6/h6H,1-5H2,(H2,10,11,12,13,14). The van der Waals surface area contributed by atoms with Crippen LogP contribution in [-0.4, -0.2) is 37.5 Å². The summed E-state index contributed by atoms with van der Waals surface area (Å²) in [5, 5.41) is 4.70. The lowest BCUT2D eigenvalue weighted by atomic mass is 10.1. The van der Waals surface area contributed by atoms with E-state index in [1.165, 1.54) is 0 Å². The number of aliphatic imine (C=N–C) groups is 1. The van der Waals surface area contributed by atoms with Crippen molar-refractivity contribution < 1.29 is 14.3 Å². The Morgan fingerprint density at radius 2 is 2.07 bits per heavy atom. The van der Waals surface area contributed by atoms with E-state index in [0.29, 0.717) is 12.5 Å². The first-order valence-corrected chi connectivity index (χ1v) is 5.00. The number of carbonyl (C=O) groups excluding carboxylic acids is 2. The van der Waals surface area contributed by atoms with E-state index in [0.717, 1.165) is 26.1 Å². The third-order valence-corrected chi connectivity index (χ3v) is 2.50. The number of guanidine groups is 1. The van der Waals surface area contributed by atoms with Crippen LogP contribution in [0.15, 0.2) is 4.99 Å². The molecule has 1 unspecified atom stereocenters.